The van der Waals surface area contributed by atoms with Crippen LogP contribution in [0.1, 0.15) is 19.1 Å². The lowest BCUT2D eigenvalue weighted by Crippen LogP contribution is -2.03. The first kappa shape index (κ1) is 12.3. The summed E-state index contributed by atoms with van der Waals surface area (Å²) in [6.45, 7) is 1.53. The van der Waals surface area contributed by atoms with Crippen LogP contribution in [0.5, 0.6) is 0 Å². The minimum Gasteiger partial charge on any atom is -0.427 e. The number of carbonyl (C=O) groups excluding carboxylic acids is 1. The predicted molar refractivity (Wildman–Crippen MR) is 74.2 cm³/mol. The number of carbonyl (C=O) groups is 1. The van der Waals surface area contributed by atoms with Crippen molar-refractivity contribution in [1.29, 1.82) is 0 Å². The zero-order valence-corrected chi connectivity index (χ0v) is 11.5. The van der Waals surface area contributed by atoms with Crippen LogP contribution in [-0.4, -0.2) is 5.78 Å². The summed E-state index contributed by atoms with van der Waals surface area (Å²) < 4.78 is 6.18. The molecule has 0 spiro atoms. The molecule has 1 aromatic carbocycles. The van der Waals surface area contributed by atoms with E-state index in [1.165, 1.54) is 6.92 Å². The van der Waals surface area contributed by atoms with E-state index in [1.807, 2.05) is 18.2 Å². The Hall–Kier alpha value is -1.17. The number of rotatable bonds is 3. The van der Waals surface area contributed by atoms with Crippen molar-refractivity contribution in [3.8, 4) is 0 Å². The molecule has 0 N–H and O–H groups in total. The average molecular weight is 342 g/mol. The molecule has 0 radical (unpaired) electrons. The van der Waals surface area contributed by atoms with Gasteiger partial charge in [-0.2, -0.15) is 0 Å². The summed E-state index contributed by atoms with van der Waals surface area (Å²) in [7, 11) is 0. The highest BCUT2D eigenvalue weighted by molar-refractivity contribution is 14.1. The van der Waals surface area contributed by atoms with Crippen LogP contribution in [0.2, 0.25) is 0 Å². The van der Waals surface area contributed by atoms with Crippen molar-refractivity contribution in [3.63, 3.8) is 0 Å². The Kier molecular flexibility index (Phi) is 3.61. The van der Waals surface area contributed by atoms with Gasteiger partial charge in [-0.1, -0.05) is 6.07 Å². The highest BCUT2D eigenvalue weighted by atomic mass is 127. The van der Waals surface area contributed by atoms with Gasteiger partial charge in [0.2, 0.25) is 0 Å². The number of fused-ring (bicyclic) bond motifs is 1. The second kappa shape index (κ2) is 5.00. The molecule has 3 nitrogen and oxygen atoms in total. The molecule has 1 aromatic heterocycles. The highest BCUT2D eigenvalue weighted by Gasteiger charge is 2.06. The van der Waals surface area contributed by atoms with Crippen LogP contribution in [0.15, 0.2) is 33.5 Å². The normalized spacial score (nSPS) is 10.7. The van der Waals surface area contributed by atoms with E-state index in [0.717, 1.165) is 8.96 Å². The molecule has 0 amide bonds. The van der Waals surface area contributed by atoms with Crippen molar-refractivity contribution in [2.24, 2.45) is 0 Å². The van der Waals surface area contributed by atoms with Crippen LogP contribution in [0, 0.1) is 3.57 Å². The molecule has 0 bridgehead atoms. The van der Waals surface area contributed by atoms with Crippen molar-refractivity contribution in [1.82, 2.24) is 0 Å². The van der Waals surface area contributed by atoms with E-state index in [-0.39, 0.29) is 11.4 Å². The lowest BCUT2D eigenvalue weighted by atomic mass is 10.1. The van der Waals surface area contributed by atoms with Gasteiger partial charge in [-0.3, -0.25) is 0 Å². The number of ketones is 1. The zero-order chi connectivity index (χ0) is 12.4. The fraction of sp³-hybridized carbons (Fsp3) is 0.231. The standard InChI is InChI=1S/C13H11IO3/c1-8(15)2-5-11-6-9-3-4-10(14)7-12(9)13(16)17-11/h3-4,6-7H,2,5H2,1H3. The number of halogens is 1. The van der Waals surface area contributed by atoms with E-state index in [0.29, 0.717) is 24.0 Å². The third-order valence-electron chi connectivity index (χ3n) is 2.50. The first-order valence-corrected chi connectivity index (χ1v) is 6.36. The maximum atomic E-state index is 11.7. The molecule has 0 saturated carbocycles. The summed E-state index contributed by atoms with van der Waals surface area (Å²) in [5, 5.41) is 1.45. The van der Waals surface area contributed by atoms with Gasteiger partial charge in [-0.15, -0.1) is 0 Å². The number of benzene rings is 1. The summed E-state index contributed by atoms with van der Waals surface area (Å²) in [5.74, 6) is 0.661. The van der Waals surface area contributed by atoms with Crippen molar-refractivity contribution in [2.75, 3.05) is 0 Å². The van der Waals surface area contributed by atoms with Crippen LogP contribution in [0.25, 0.3) is 10.8 Å². The molecule has 2 rings (SSSR count). The lowest BCUT2D eigenvalue weighted by molar-refractivity contribution is -0.117. The summed E-state index contributed by atoms with van der Waals surface area (Å²) in [4.78, 5) is 22.6. The largest absolute Gasteiger partial charge is 0.427 e. The fourth-order valence-electron chi connectivity index (χ4n) is 1.63. The Morgan fingerprint density at radius 3 is 2.82 bits per heavy atom. The van der Waals surface area contributed by atoms with Crippen LogP contribution in [-0.2, 0) is 11.2 Å². The van der Waals surface area contributed by atoms with E-state index in [4.69, 9.17) is 4.42 Å². The fourth-order valence-corrected chi connectivity index (χ4v) is 2.12. The van der Waals surface area contributed by atoms with Gasteiger partial charge in [0.1, 0.15) is 11.5 Å². The molecule has 0 aliphatic rings. The van der Waals surface area contributed by atoms with Gasteiger partial charge in [-0.25, -0.2) is 4.79 Å². The Bertz CT molecular complexity index is 628. The third-order valence-corrected chi connectivity index (χ3v) is 3.17. The Balaban J connectivity index is 2.45. The Morgan fingerprint density at radius 2 is 2.12 bits per heavy atom. The number of hydrogen-bond acceptors (Lipinski definition) is 3. The summed E-state index contributed by atoms with van der Waals surface area (Å²) >= 11 is 2.15. The first-order valence-electron chi connectivity index (χ1n) is 5.28. The van der Waals surface area contributed by atoms with Gasteiger partial charge in [0.25, 0.3) is 0 Å². The maximum absolute atomic E-state index is 11.7. The second-order valence-electron chi connectivity index (χ2n) is 3.93. The van der Waals surface area contributed by atoms with Crippen LogP contribution in [0.3, 0.4) is 0 Å². The van der Waals surface area contributed by atoms with Gasteiger partial charge in [0.05, 0.1) is 5.39 Å². The summed E-state index contributed by atoms with van der Waals surface area (Å²) in [6, 6.07) is 7.47. The molecule has 0 atom stereocenters. The summed E-state index contributed by atoms with van der Waals surface area (Å²) in [6.07, 6.45) is 0.880. The Labute approximate surface area is 112 Å². The number of aryl methyl sites for hydroxylation is 1. The third kappa shape index (κ3) is 2.94. The van der Waals surface area contributed by atoms with Crippen molar-refractivity contribution in [2.45, 2.75) is 19.8 Å². The van der Waals surface area contributed by atoms with Gasteiger partial charge < -0.3 is 9.21 Å². The van der Waals surface area contributed by atoms with Crippen molar-refractivity contribution in [3.05, 3.63) is 44.0 Å². The van der Waals surface area contributed by atoms with Crippen LogP contribution in [0.4, 0.5) is 0 Å². The Morgan fingerprint density at radius 1 is 1.35 bits per heavy atom. The zero-order valence-electron chi connectivity index (χ0n) is 9.33. The molecule has 0 saturated heterocycles. The molecule has 1 heterocycles. The van der Waals surface area contributed by atoms with E-state index in [1.54, 1.807) is 6.07 Å². The minimum atomic E-state index is -0.334. The second-order valence-corrected chi connectivity index (χ2v) is 5.18. The quantitative estimate of drug-likeness (QED) is 0.806. The molecule has 0 aliphatic carbocycles. The molecule has 0 aliphatic heterocycles. The van der Waals surface area contributed by atoms with Crippen molar-refractivity contribution >= 4 is 39.1 Å². The van der Waals surface area contributed by atoms with E-state index in [9.17, 15) is 9.59 Å². The molecule has 2 aromatic rings. The van der Waals surface area contributed by atoms with Crippen LogP contribution < -0.4 is 5.63 Å². The molecule has 88 valence electrons. The summed E-state index contributed by atoms with van der Waals surface area (Å²) in [5.41, 5.74) is -0.334. The predicted octanol–water partition coefficient (Wildman–Crippen LogP) is 2.92. The van der Waals surface area contributed by atoms with Crippen molar-refractivity contribution < 1.29 is 9.21 Å². The molecule has 0 fully saturated rings. The van der Waals surface area contributed by atoms with Gasteiger partial charge in [-0.05, 0) is 53.1 Å². The maximum Gasteiger partial charge on any atom is 0.343 e. The lowest BCUT2D eigenvalue weighted by Gasteiger charge is -2.01. The smallest absolute Gasteiger partial charge is 0.343 e. The molecule has 4 heteroatoms. The number of hydrogen-bond donors (Lipinski definition) is 0. The topological polar surface area (TPSA) is 47.3 Å². The SMILES string of the molecule is CC(=O)CCc1cc2ccc(I)cc2c(=O)o1. The molecular formula is C13H11IO3. The molecule has 0 unspecified atom stereocenters. The molecule has 17 heavy (non-hydrogen) atoms. The molecular weight excluding hydrogens is 331 g/mol. The van der Waals surface area contributed by atoms with Gasteiger partial charge in [0.15, 0.2) is 0 Å². The average Bonchev–Trinajstić information content (AvgIpc) is 2.27. The first-order chi connectivity index (χ1) is 8.06. The van der Waals surface area contributed by atoms with E-state index >= 15 is 0 Å². The van der Waals surface area contributed by atoms with Gasteiger partial charge >= 0.3 is 5.63 Å². The van der Waals surface area contributed by atoms with Gasteiger partial charge in [0, 0.05) is 16.4 Å². The highest BCUT2D eigenvalue weighted by Crippen LogP contribution is 2.16. The van der Waals surface area contributed by atoms with E-state index in [2.05, 4.69) is 22.6 Å². The number of Topliss-reactive ketones (excluding diaryl/α,β-unsaturated/α-hetero) is 1. The monoisotopic (exact) mass is 342 g/mol. The van der Waals surface area contributed by atoms with E-state index < -0.39 is 0 Å². The van der Waals surface area contributed by atoms with Crippen LogP contribution >= 0.6 is 22.6 Å². The minimum absolute atomic E-state index is 0.0929.